The Bertz CT molecular complexity index is 478. The van der Waals surface area contributed by atoms with Crippen molar-refractivity contribution in [3.63, 3.8) is 0 Å². The molecule has 1 aliphatic carbocycles. The van der Waals surface area contributed by atoms with Crippen molar-refractivity contribution in [2.45, 2.75) is 32.6 Å². The zero-order valence-electron chi connectivity index (χ0n) is 12.3. The fraction of sp³-hybridized carbons (Fsp3) is 0.500. The van der Waals surface area contributed by atoms with Gasteiger partial charge in [0.25, 0.3) is 0 Å². The highest BCUT2D eigenvalue weighted by molar-refractivity contribution is 5.92. The van der Waals surface area contributed by atoms with E-state index in [0.717, 1.165) is 31.4 Å². The van der Waals surface area contributed by atoms with Crippen LogP contribution in [0, 0.1) is 5.92 Å². The molecule has 1 aliphatic rings. The third-order valence-corrected chi connectivity index (χ3v) is 3.51. The van der Waals surface area contributed by atoms with Gasteiger partial charge in [-0.2, -0.15) is 0 Å². The van der Waals surface area contributed by atoms with Gasteiger partial charge in [-0.1, -0.05) is 12.8 Å². The first-order chi connectivity index (χ1) is 10.2. The molecule has 0 radical (unpaired) electrons. The van der Waals surface area contributed by atoms with Crippen LogP contribution in [0.3, 0.4) is 0 Å². The zero-order valence-corrected chi connectivity index (χ0v) is 12.3. The van der Waals surface area contributed by atoms with Gasteiger partial charge in [0.1, 0.15) is 5.75 Å². The van der Waals surface area contributed by atoms with E-state index in [1.807, 2.05) is 0 Å². The largest absolute Gasteiger partial charge is 0.482 e. The molecule has 0 spiro atoms. The molecule has 21 heavy (non-hydrogen) atoms. The van der Waals surface area contributed by atoms with Crippen LogP contribution >= 0.6 is 0 Å². The SMILES string of the molecule is CCOC(=O)COc1ccc(NC(=O)C2CCCC2)cc1. The number of nitrogens with one attached hydrogen (secondary N) is 1. The molecule has 0 bridgehead atoms. The number of carbonyl (C=O) groups excluding carboxylic acids is 2. The summed E-state index contributed by atoms with van der Waals surface area (Å²) in [7, 11) is 0. The molecular formula is C16H21NO4. The minimum atomic E-state index is -0.392. The minimum Gasteiger partial charge on any atom is -0.482 e. The first-order valence-electron chi connectivity index (χ1n) is 7.38. The van der Waals surface area contributed by atoms with E-state index >= 15 is 0 Å². The van der Waals surface area contributed by atoms with Crippen molar-refractivity contribution in [2.24, 2.45) is 5.92 Å². The second-order valence-corrected chi connectivity index (χ2v) is 5.09. The Morgan fingerprint density at radius 1 is 1.19 bits per heavy atom. The van der Waals surface area contributed by atoms with Crippen LogP contribution in [0.1, 0.15) is 32.6 Å². The highest BCUT2D eigenvalue weighted by atomic mass is 16.6. The van der Waals surface area contributed by atoms with Gasteiger partial charge in [-0.05, 0) is 44.0 Å². The molecule has 0 unspecified atom stereocenters. The number of ether oxygens (including phenoxy) is 2. The minimum absolute atomic E-state index is 0.0905. The molecule has 5 nitrogen and oxygen atoms in total. The lowest BCUT2D eigenvalue weighted by Gasteiger charge is -2.11. The summed E-state index contributed by atoms with van der Waals surface area (Å²) < 4.78 is 10.1. The molecule has 0 atom stereocenters. The molecule has 1 saturated carbocycles. The molecule has 114 valence electrons. The van der Waals surface area contributed by atoms with E-state index in [2.05, 4.69) is 5.32 Å². The number of anilines is 1. The summed E-state index contributed by atoms with van der Waals surface area (Å²) in [6.45, 7) is 1.98. The van der Waals surface area contributed by atoms with E-state index in [1.165, 1.54) is 0 Å². The van der Waals surface area contributed by atoms with Crippen molar-refractivity contribution in [2.75, 3.05) is 18.5 Å². The Morgan fingerprint density at radius 2 is 1.86 bits per heavy atom. The van der Waals surface area contributed by atoms with Gasteiger partial charge in [-0.3, -0.25) is 4.79 Å². The summed E-state index contributed by atoms with van der Waals surface area (Å²) in [5.41, 5.74) is 0.746. The van der Waals surface area contributed by atoms with Gasteiger partial charge in [-0.15, -0.1) is 0 Å². The van der Waals surface area contributed by atoms with E-state index in [0.29, 0.717) is 12.4 Å². The number of benzene rings is 1. The maximum atomic E-state index is 12.0. The van der Waals surface area contributed by atoms with E-state index in [-0.39, 0.29) is 18.4 Å². The Balaban J connectivity index is 1.81. The molecule has 0 aromatic heterocycles. The summed E-state index contributed by atoms with van der Waals surface area (Å²) in [6, 6.07) is 6.99. The van der Waals surface area contributed by atoms with Crippen molar-refractivity contribution in [3.8, 4) is 5.75 Å². The van der Waals surface area contributed by atoms with Crippen LogP contribution in [0.15, 0.2) is 24.3 Å². The van der Waals surface area contributed by atoms with E-state index in [1.54, 1.807) is 31.2 Å². The predicted molar refractivity (Wildman–Crippen MR) is 79.2 cm³/mol. The summed E-state index contributed by atoms with van der Waals surface area (Å²) >= 11 is 0. The summed E-state index contributed by atoms with van der Waals surface area (Å²) in [5.74, 6) is 0.412. The van der Waals surface area contributed by atoms with Gasteiger partial charge in [0.05, 0.1) is 6.61 Å². The highest BCUT2D eigenvalue weighted by Crippen LogP contribution is 2.26. The fourth-order valence-electron chi connectivity index (χ4n) is 2.41. The van der Waals surface area contributed by atoms with Gasteiger partial charge in [0.2, 0.25) is 5.91 Å². The van der Waals surface area contributed by atoms with Gasteiger partial charge in [0.15, 0.2) is 6.61 Å². The lowest BCUT2D eigenvalue weighted by atomic mass is 10.1. The summed E-state index contributed by atoms with van der Waals surface area (Å²) in [5, 5.41) is 2.91. The lowest BCUT2D eigenvalue weighted by molar-refractivity contribution is -0.145. The second kappa shape index (κ2) is 7.67. The lowest BCUT2D eigenvalue weighted by Crippen LogP contribution is -2.20. The maximum Gasteiger partial charge on any atom is 0.344 e. The van der Waals surface area contributed by atoms with E-state index in [9.17, 15) is 9.59 Å². The van der Waals surface area contributed by atoms with Crippen LogP contribution in [0.25, 0.3) is 0 Å². The first kappa shape index (κ1) is 15.4. The molecule has 1 amide bonds. The molecule has 1 aromatic rings. The quantitative estimate of drug-likeness (QED) is 0.818. The molecule has 0 saturated heterocycles. The van der Waals surface area contributed by atoms with Gasteiger partial charge in [0, 0.05) is 11.6 Å². The Kier molecular flexibility index (Phi) is 5.60. The molecule has 1 aromatic carbocycles. The predicted octanol–water partition coefficient (Wildman–Crippen LogP) is 2.76. The number of esters is 1. The number of amides is 1. The molecular weight excluding hydrogens is 270 g/mol. The fourth-order valence-corrected chi connectivity index (χ4v) is 2.41. The van der Waals surface area contributed by atoms with Crippen molar-refractivity contribution in [1.82, 2.24) is 0 Å². The molecule has 1 N–H and O–H groups in total. The van der Waals surface area contributed by atoms with Crippen molar-refractivity contribution in [3.05, 3.63) is 24.3 Å². The zero-order chi connectivity index (χ0) is 15.1. The number of hydrogen-bond donors (Lipinski definition) is 1. The smallest absolute Gasteiger partial charge is 0.344 e. The van der Waals surface area contributed by atoms with Crippen molar-refractivity contribution < 1.29 is 19.1 Å². The number of hydrogen-bond acceptors (Lipinski definition) is 4. The van der Waals surface area contributed by atoms with Crippen LogP contribution in [0.4, 0.5) is 5.69 Å². The average Bonchev–Trinajstić information content (AvgIpc) is 3.01. The Labute approximate surface area is 124 Å². The number of carbonyl (C=O) groups is 2. The monoisotopic (exact) mass is 291 g/mol. The molecule has 2 rings (SSSR count). The van der Waals surface area contributed by atoms with Gasteiger partial charge < -0.3 is 14.8 Å². The molecule has 0 heterocycles. The topological polar surface area (TPSA) is 64.6 Å². The Hall–Kier alpha value is -2.04. The molecule has 1 fully saturated rings. The third kappa shape index (κ3) is 4.77. The second-order valence-electron chi connectivity index (χ2n) is 5.09. The van der Waals surface area contributed by atoms with Gasteiger partial charge in [-0.25, -0.2) is 4.79 Å². The average molecular weight is 291 g/mol. The summed E-state index contributed by atoms with van der Waals surface area (Å²) in [4.78, 5) is 23.2. The van der Waals surface area contributed by atoms with Crippen LogP contribution in [-0.4, -0.2) is 25.1 Å². The standard InChI is InChI=1S/C16H21NO4/c1-2-20-15(18)11-21-14-9-7-13(8-10-14)17-16(19)12-5-3-4-6-12/h7-10,12H,2-6,11H2,1H3,(H,17,19). The third-order valence-electron chi connectivity index (χ3n) is 3.51. The van der Waals surface area contributed by atoms with E-state index in [4.69, 9.17) is 9.47 Å². The van der Waals surface area contributed by atoms with Crippen LogP contribution < -0.4 is 10.1 Å². The maximum absolute atomic E-state index is 12.0. The highest BCUT2D eigenvalue weighted by Gasteiger charge is 2.22. The van der Waals surface area contributed by atoms with Crippen molar-refractivity contribution in [1.29, 1.82) is 0 Å². The summed E-state index contributed by atoms with van der Waals surface area (Å²) in [6.07, 6.45) is 4.23. The van der Waals surface area contributed by atoms with Crippen LogP contribution in [0.5, 0.6) is 5.75 Å². The van der Waals surface area contributed by atoms with Crippen molar-refractivity contribution >= 4 is 17.6 Å². The Morgan fingerprint density at radius 3 is 2.48 bits per heavy atom. The van der Waals surface area contributed by atoms with Crippen LogP contribution in [-0.2, 0) is 14.3 Å². The number of rotatable bonds is 6. The van der Waals surface area contributed by atoms with Gasteiger partial charge >= 0.3 is 5.97 Å². The molecule has 5 heteroatoms. The normalized spacial score (nSPS) is 14.7. The first-order valence-corrected chi connectivity index (χ1v) is 7.38. The van der Waals surface area contributed by atoms with Crippen LogP contribution in [0.2, 0.25) is 0 Å². The van der Waals surface area contributed by atoms with E-state index < -0.39 is 5.97 Å². The molecule has 0 aliphatic heterocycles.